The van der Waals surface area contributed by atoms with E-state index in [1.165, 1.54) is 0 Å². The van der Waals surface area contributed by atoms with Gasteiger partial charge in [-0.1, -0.05) is 15.9 Å². The van der Waals surface area contributed by atoms with Crippen LogP contribution in [0.3, 0.4) is 0 Å². The minimum absolute atomic E-state index is 0.191. The van der Waals surface area contributed by atoms with Crippen LogP contribution in [0.1, 0.15) is 6.42 Å². The molecule has 1 aliphatic heterocycles. The fourth-order valence-corrected chi connectivity index (χ4v) is 1.23. The van der Waals surface area contributed by atoms with E-state index < -0.39 is 0 Å². The van der Waals surface area contributed by atoms with Crippen molar-refractivity contribution < 1.29 is 5.11 Å². The van der Waals surface area contributed by atoms with Crippen molar-refractivity contribution in [2.75, 3.05) is 13.1 Å². The van der Waals surface area contributed by atoms with Crippen molar-refractivity contribution in [3.63, 3.8) is 0 Å². The molecule has 0 amide bonds. The van der Waals surface area contributed by atoms with Crippen molar-refractivity contribution in [1.82, 2.24) is 5.32 Å². The van der Waals surface area contributed by atoms with Crippen molar-refractivity contribution in [2.24, 2.45) is 0 Å². The standard InChI is InChI=1S/C5H10BrNO/c6-4-1-2-7-3-5(4)8/h4-5,7-8H,1-3H2/t4-,5-/m1/s1. The Morgan fingerprint density at radius 2 is 2.38 bits per heavy atom. The third-order valence-corrected chi connectivity index (χ3v) is 2.44. The number of hydrogen-bond acceptors (Lipinski definition) is 2. The molecule has 8 heavy (non-hydrogen) atoms. The lowest BCUT2D eigenvalue weighted by Crippen LogP contribution is -2.40. The molecule has 0 spiro atoms. The molecule has 1 saturated heterocycles. The Labute approximate surface area is 57.4 Å². The summed E-state index contributed by atoms with van der Waals surface area (Å²) in [6.45, 7) is 1.75. The van der Waals surface area contributed by atoms with Crippen LogP contribution in [0.15, 0.2) is 0 Å². The predicted molar refractivity (Wildman–Crippen MR) is 36.2 cm³/mol. The second kappa shape index (κ2) is 2.80. The number of aliphatic hydroxyl groups is 1. The van der Waals surface area contributed by atoms with Crippen LogP contribution in [0.4, 0.5) is 0 Å². The van der Waals surface area contributed by atoms with Gasteiger partial charge in [-0.3, -0.25) is 0 Å². The smallest absolute Gasteiger partial charge is 0.0789 e. The Balaban J connectivity index is 2.28. The second-order valence-electron chi connectivity index (χ2n) is 2.08. The van der Waals surface area contributed by atoms with Gasteiger partial charge in [0.25, 0.3) is 0 Å². The van der Waals surface area contributed by atoms with E-state index in [0.717, 1.165) is 19.5 Å². The van der Waals surface area contributed by atoms with E-state index in [0.29, 0.717) is 4.83 Å². The summed E-state index contributed by atoms with van der Waals surface area (Å²) >= 11 is 3.36. The van der Waals surface area contributed by atoms with Crippen LogP contribution in [0.2, 0.25) is 0 Å². The van der Waals surface area contributed by atoms with E-state index >= 15 is 0 Å². The number of nitrogens with one attached hydrogen (secondary N) is 1. The van der Waals surface area contributed by atoms with Crippen LogP contribution in [0.5, 0.6) is 0 Å². The summed E-state index contributed by atoms with van der Waals surface area (Å²) in [6.07, 6.45) is 0.838. The molecule has 0 radical (unpaired) electrons. The highest BCUT2D eigenvalue weighted by molar-refractivity contribution is 9.09. The molecule has 2 nitrogen and oxygen atoms in total. The maximum atomic E-state index is 9.07. The fourth-order valence-electron chi connectivity index (χ4n) is 0.810. The van der Waals surface area contributed by atoms with Crippen molar-refractivity contribution >= 4 is 15.9 Å². The van der Waals surface area contributed by atoms with Gasteiger partial charge in [0, 0.05) is 11.4 Å². The van der Waals surface area contributed by atoms with Gasteiger partial charge < -0.3 is 10.4 Å². The molecule has 48 valence electrons. The van der Waals surface area contributed by atoms with Gasteiger partial charge in [-0.15, -0.1) is 0 Å². The number of halogens is 1. The first-order valence-electron chi connectivity index (χ1n) is 2.83. The second-order valence-corrected chi connectivity index (χ2v) is 3.25. The van der Waals surface area contributed by atoms with Gasteiger partial charge in [-0.2, -0.15) is 0 Å². The Kier molecular flexibility index (Phi) is 2.28. The first kappa shape index (κ1) is 6.52. The predicted octanol–water partition coefficient (Wildman–Crippen LogP) is 0.104. The summed E-state index contributed by atoms with van der Waals surface area (Å²) < 4.78 is 0. The van der Waals surface area contributed by atoms with Crippen LogP contribution in [-0.2, 0) is 0 Å². The van der Waals surface area contributed by atoms with Crippen LogP contribution in [0, 0.1) is 0 Å². The molecule has 0 aliphatic carbocycles. The molecule has 0 aromatic carbocycles. The average molecular weight is 180 g/mol. The summed E-state index contributed by atoms with van der Waals surface area (Å²) in [4.78, 5) is 0.309. The molecule has 2 N–H and O–H groups in total. The number of β-amino-alcohol motifs (C(OH)–C–C–N with tert-alkyl or cyclic N) is 1. The van der Waals surface area contributed by atoms with Gasteiger partial charge >= 0.3 is 0 Å². The third-order valence-electron chi connectivity index (χ3n) is 1.37. The Bertz CT molecular complexity index is 68.8. The Morgan fingerprint density at radius 1 is 1.62 bits per heavy atom. The third kappa shape index (κ3) is 1.44. The molecule has 3 heteroatoms. The van der Waals surface area contributed by atoms with Gasteiger partial charge in [-0.25, -0.2) is 0 Å². The minimum atomic E-state index is -0.191. The Morgan fingerprint density at radius 3 is 2.75 bits per heavy atom. The van der Waals surface area contributed by atoms with Crippen LogP contribution >= 0.6 is 15.9 Å². The fraction of sp³-hybridized carbons (Fsp3) is 1.00. The molecule has 0 aromatic rings. The molecule has 0 unspecified atom stereocenters. The van der Waals surface area contributed by atoms with E-state index in [-0.39, 0.29) is 6.10 Å². The molecule has 1 rings (SSSR count). The molecule has 2 atom stereocenters. The monoisotopic (exact) mass is 179 g/mol. The van der Waals surface area contributed by atoms with Gasteiger partial charge in [0.05, 0.1) is 6.10 Å². The summed E-state index contributed by atoms with van der Waals surface area (Å²) in [6, 6.07) is 0. The molecule has 1 fully saturated rings. The zero-order valence-electron chi connectivity index (χ0n) is 4.60. The lowest BCUT2D eigenvalue weighted by atomic mass is 10.1. The van der Waals surface area contributed by atoms with E-state index in [9.17, 15) is 0 Å². The molecule has 0 aromatic heterocycles. The first-order valence-corrected chi connectivity index (χ1v) is 3.75. The first-order chi connectivity index (χ1) is 3.80. The molecular weight excluding hydrogens is 170 g/mol. The summed E-state index contributed by atoms with van der Waals surface area (Å²) in [5.74, 6) is 0. The molecule has 1 heterocycles. The minimum Gasteiger partial charge on any atom is -0.391 e. The van der Waals surface area contributed by atoms with Crippen molar-refractivity contribution in [3.8, 4) is 0 Å². The van der Waals surface area contributed by atoms with Crippen LogP contribution in [-0.4, -0.2) is 29.1 Å². The largest absolute Gasteiger partial charge is 0.391 e. The normalized spacial score (nSPS) is 39.8. The lowest BCUT2D eigenvalue weighted by molar-refractivity contribution is 0.151. The number of aliphatic hydroxyl groups excluding tert-OH is 1. The summed E-state index contributed by atoms with van der Waals surface area (Å²) in [5.41, 5.74) is 0. The SMILES string of the molecule is O[C@@H]1CNCC[C@H]1Br. The van der Waals surface area contributed by atoms with Gasteiger partial charge in [0.15, 0.2) is 0 Å². The molecule has 0 saturated carbocycles. The number of rotatable bonds is 0. The summed E-state index contributed by atoms with van der Waals surface area (Å²) in [5, 5.41) is 12.2. The lowest BCUT2D eigenvalue weighted by Gasteiger charge is -2.23. The zero-order valence-corrected chi connectivity index (χ0v) is 6.19. The van der Waals surface area contributed by atoms with Crippen LogP contribution in [0.25, 0.3) is 0 Å². The Hall–Kier alpha value is 0.400. The van der Waals surface area contributed by atoms with Crippen molar-refractivity contribution in [3.05, 3.63) is 0 Å². The number of piperidine rings is 1. The molecule has 1 aliphatic rings. The van der Waals surface area contributed by atoms with Gasteiger partial charge in [0.1, 0.15) is 0 Å². The molecule has 0 bridgehead atoms. The van der Waals surface area contributed by atoms with Crippen molar-refractivity contribution in [1.29, 1.82) is 0 Å². The number of alkyl halides is 1. The van der Waals surface area contributed by atoms with E-state index in [1.54, 1.807) is 0 Å². The topological polar surface area (TPSA) is 32.3 Å². The highest BCUT2D eigenvalue weighted by atomic mass is 79.9. The average Bonchev–Trinajstić information content (AvgIpc) is 1.77. The maximum absolute atomic E-state index is 9.07. The van der Waals surface area contributed by atoms with E-state index in [2.05, 4.69) is 21.2 Å². The van der Waals surface area contributed by atoms with Crippen molar-refractivity contribution in [2.45, 2.75) is 17.4 Å². The quantitative estimate of drug-likeness (QED) is 0.518. The van der Waals surface area contributed by atoms with E-state index in [4.69, 9.17) is 5.11 Å². The highest BCUT2D eigenvalue weighted by Crippen LogP contribution is 2.12. The van der Waals surface area contributed by atoms with E-state index in [1.807, 2.05) is 0 Å². The number of hydrogen-bond donors (Lipinski definition) is 2. The summed E-state index contributed by atoms with van der Waals surface area (Å²) in [7, 11) is 0. The zero-order chi connectivity index (χ0) is 5.98. The highest BCUT2D eigenvalue weighted by Gasteiger charge is 2.18. The molecular formula is C5H10BrNO. The van der Waals surface area contributed by atoms with Gasteiger partial charge in [0.2, 0.25) is 0 Å². The maximum Gasteiger partial charge on any atom is 0.0789 e. The van der Waals surface area contributed by atoms with Gasteiger partial charge in [-0.05, 0) is 13.0 Å². The van der Waals surface area contributed by atoms with Crippen LogP contribution < -0.4 is 5.32 Å².